The number of nitrogens with one attached hydrogen (secondary N) is 2. The van der Waals surface area contributed by atoms with Crippen LogP contribution >= 0.6 is 34.4 Å². The van der Waals surface area contributed by atoms with Crippen molar-refractivity contribution in [3.8, 4) is 10.7 Å². The molecule has 0 bridgehead atoms. The van der Waals surface area contributed by atoms with Crippen LogP contribution in [0.2, 0.25) is 0 Å². The molecule has 0 aromatic carbocycles. The van der Waals surface area contributed by atoms with Gasteiger partial charge in [0.1, 0.15) is 0 Å². The second-order valence-electron chi connectivity index (χ2n) is 6.48. The predicted molar refractivity (Wildman–Crippen MR) is 122 cm³/mol. The van der Waals surface area contributed by atoms with Crippen LogP contribution in [0, 0.1) is 0 Å². The lowest BCUT2D eigenvalue weighted by molar-refractivity contribution is -0.139. The molecule has 4 rings (SSSR count). The fraction of sp³-hybridized carbons (Fsp3) is 0.300. The minimum atomic E-state index is -0.547. The number of hydrogen-bond acceptors (Lipinski definition) is 8. The van der Waals surface area contributed by atoms with Gasteiger partial charge in [-0.2, -0.15) is 0 Å². The first-order chi connectivity index (χ1) is 15.1. The highest BCUT2D eigenvalue weighted by atomic mass is 32.2. The summed E-state index contributed by atoms with van der Waals surface area (Å²) in [5, 5.41) is 19.0. The van der Waals surface area contributed by atoms with Crippen molar-refractivity contribution in [1.29, 1.82) is 0 Å². The van der Waals surface area contributed by atoms with Gasteiger partial charge in [-0.25, -0.2) is 9.59 Å². The van der Waals surface area contributed by atoms with Crippen molar-refractivity contribution in [2.75, 3.05) is 12.4 Å². The number of ether oxygens (including phenoxy) is 1. The molecule has 3 aromatic heterocycles. The first-order valence-corrected chi connectivity index (χ1v) is 12.5. The zero-order valence-electron chi connectivity index (χ0n) is 17.0. The number of hydrogen-bond donors (Lipinski definition) is 2. The summed E-state index contributed by atoms with van der Waals surface area (Å²) < 4.78 is 7.33. The minimum Gasteiger partial charge on any atom is -0.463 e. The fourth-order valence-corrected chi connectivity index (χ4v) is 5.73. The average molecular weight is 476 g/mol. The van der Waals surface area contributed by atoms with Gasteiger partial charge < -0.3 is 19.9 Å². The van der Waals surface area contributed by atoms with Gasteiger partial charge in [-0.05, 0) is 36.7 Å². The van der Waals surface area contributed by atoms with E-state index in [2.05, 4.69) is 20.8 Å². The van der Waals surface area contributed by atoms with Gasteiger partial charge in [-0.3, -0.25) is 0 Å². The molecule has 8 nitrogen and oxygen atoms in total. The molecule has 11 heteroatoms. The first kappa shape index (κ1) is 21.6. The van der Waals surface area contributed by atoms with E-state index >= 15 is 0 Å². The first-order valence-electron chi connectivity index (χ1n) is 9.73. The number of thiophene rings is 2. The van der Waals surface area contributed by atoms with E-state index in [-0.39, 0.29) is 12.6 Å². The normalized spacial score (nSPS) is 16.2. The van der Waals surface area contributed by atoms with Crippen LogP contribution in [0.1, 0.15) is 24.8 Å². The van der Waals surface area contributed by atoms with Gasteiger partial charge in [-0.15, -0.1) is 32.9 Å². The third-order valence-corrected chi connectivity index (χ3v) is 7.39. The molecular formula is C20H21N5O3S3. The number of amides is 2. The maximum atomic E-state index is 12.8. The molecule has 1 aliphatic rings. The maximum Gasteiger partial charge on any atom is 0.338 e. The molecule has 0 saturated carbocycles. The van der Waals surface area contributed by atoms with E-state index in [9.17, 15) is 9.59 Å². The Kier molecular flexibility index (Phi) is 6.73. The Morgan fingerprint density at radius 2 is 2.03 bits per heavy atom. The Labute approximate surface area is 191 Å². The largest absolute Gasteiger partial charge is 0.463 e. The van der Waals surface area contributed by atoms with Gasteiger partial charge >= 0.3 is 12.0 Å². The summed E-state index contributed by atoms with van der Waals surface area (Å²) in [6.07, 6.45) is 0. The highest BCUT2D eigenvalue weighted by Crippen LogP contribution is 2.33. The second-order valence-corrected chi connectivity index (χ2v) is 9.35. The summed E-state index contributed by atoms with van der Waals surface area (Å²) in [6, 6.07) is 6.88. The fourth-order valence-electron chi connectivity index (χ4n) is 3.26. The number of aromatic nitrogens is 3. The molecular weight excluding hydrogens is 454 g/mol. The monoisotopic (exact) mass is 475 g/mol. The van der Waals surface area contributed by atoms with Crippen LogP contribution < -0.4 is 10.6 Å². The SMILES string of the molecule is CCOC(=O)C1=C(CSc2nnc(-c3cccs3)n2CC)NC(=O)N[C@H]1c1cccs1. The van der Waals surface area contributed by atoms with E-state index in [1.165, 1.54) is 23.1 Å². The molecule has 1 aliphatic heterocycles. The quantitative estimate of drug-likeness (QED) is 0.377. The van der Waals surface area contributed by atoms with E-state index in [0.717, 1.165) is 20.7 Å². The Balaban J connectivity index is 1.65. The van der Waals surface area contributed by atoms with Crippen molar-refractivity contribution in [2.24, 2.45) is 0 Å². The van der Waals surface area contributed by atoms with Gasteiger partial charge in [0.05, 0.1) is 23.1 Å². The number of thioether (sulfide) groups is 1. The number of urea groups is 1. The molecule has 1 atom stereocenters. The van der Waals surface area contributed by atoms with Gasteiger partial charge in [0.2, 0.25) is 0 Å². The third-order valence-electron chi connectivity index (χ3n) is 4.60. The zero-order valence-corrected chi connectivity index (χ0v) is 19.4. The van der Waals surface area contributed by atoms with Crippen molar-refractivity contribution >= 4 is 46.4 Å². The average Bonchev–Trinajstić information content (AvgIpc) is 3.53. The molecule has 0 radical (unpaired) electrons. The lowest BCUT2D eigenvalue weighted by Gasteiger charge is -2.28. The van der Waals surface area contributed by atoms with Gasteiger partial charge in [0.15, 0.2) is 11.0 Å². The molecule has 0 unspecified atom stereocenters. The smallest absolute Gasteiger partial charge is 0.338 e. The van der Waals surface area contributed by atoms with Crippen LogP contribution in [0.15, 0.2) is 51.5 Å². The van der Waals surface area contributed by atoms with Crippen LogP contribution in [0.3, 0.4) is 0 Å². The standard InChI is InChI=1S/C20H21N5O3S3/c1-3-25-17(14-8-6-10-30-14)23-24-20(25)31-11-12-15(18(26)28-4-2)16(22-19(27)21-12)13-7-5-9-29-13/h5-10,16H,3-4,11H2,1-2H3,(H2,21,22,27)/t16-/m0/s1. The lowest BCUT2D eigenvalue weighted by Crippen LogP contribution is -2.46. The Bertz CT molecular complexity index is 1090. The van der Waals surface area contributed by atoms with Crippen LogP contribution in [-0.2, 0) is 16.1 Å². The molecule has 0 aliphatic carbocycles. The number of esters is 1. The summed E-state index contributed by atoms with van der Waals surface area (Å²) in [7, 11) is 0. The third kappa shape index (κ3) is 4.53. The van der Waals surface area contributed by atoms with Crippen molar-refractivity contribution in [2.45, 2.75) is 31.6 Å². The van der Waals surface area contributed by atoms with E-state index in [0.29, 0.717) is 23.6 Å². The molecule has 3 aromatic rings. The van der Waals surface area contributed by atoms with E-state index in [4.69, 9.17) is 4.74 Å². The summed E-state index contributed by atoms with van der Waals surface area (Å²) in [5.41, 5.74) is 0.936. The minimum absolute atomic E-state index is 0.252. The van der Waals surface area contributed by atoms with Crippen molar-refractivity contribution < 1.29 is 14.3 Å². The number of nitrogens with zero attached hydrogens (tertiary/aromatic N) is 3. The summed E-state index contributed by atoms with van der Waals surface area (Å²) in [5.74, 6) is 0.720. The highest BCUT2D eigenvalue weighted by Gasteiger charge is 2.34. The number of carbonyl (C=O) groups is 2. The summed E-state index contributed by atoms with van der Waals surface area (Å²) >= 11 is 4.51. The van der Waals surface area contributed by atoms with Crippen LogP contribution in [0.5, 0.6) is 0 Å². The predicted octanol–water partition coefficient (Wildman–Crippen LogP) is 4.05. The zero-order chi connectivity index (χ0) is 21.8. The molecule has 31 heavy (non-hydrogen) atoms. The molecule has 2 N–H and O–H groups in total. The van der Waals surface area contributed by atoms with Gasteiger partial charge in [-0.1, -0.05) is 23.9 Å². The molecule has 0 spiro atoms. The second kappa shape index (κ2) is 9.67. The molecule has 162 valence electrons. The lowest BCUT2D eigenvalue weighted by atomic mass is 10.0. The van der Waals surface area contributed by atoms with Crippen molar-refractivity contribution in [1.82, 2.24) is 25.4 Å². The highest BCUT2D eigenvalue weighted by molar-refractivity contribution is 7.99. The van der Waals surface area contributed by atoms with E-state index in [1.807, 2.05) is 46.5 Å². The Morgan fingerprint density at radius 1 is 1.23 bits per heavy atom. The van der Waals surface area contributed by atoms with Crippen LogP contribution in [0.4, 0.5) is 4.79 Å². The summed E-state index contributed by atoms with van der Waals surface area (Å²) in [6.45, 7) is 4.75. The molecule has 0 saturated heterocycles. The van der Waals surface area contributed by atoms with Crippen LogP contribution in [0.25, 0.3) is 10.7 Å². The Morgan fingerprint density at radius 3 is 2.71 bits per heavy atom. The maximum absolute atomic E-state index is 12.8. The molecule has 4 heterocycles. The number of carbonyl (C=O) groups excluding carboxylic acids is 2. The van der Waals surface area contributed by atoms with E-state index < -0.39 is 12.0 Å². The summed E-state index contributed by atoms with van der Waals surface area (Å²) in [4.78, 5) is 27.1. The molecule has 2 amide bonds. The Hall–Kier alpha value is -2.63. The number of rotatable bonds is 8. The van der Waals surface area contributed by atoms with Crippen molar-refractivity contribution in [3.63, 3.8) is 0 Å². The van der Waals surface area contributed by atoms with Gasteiger partial charge in [0, 0.05) is 22.9 Å². The topological polar surface area (TPSA) is 98.1 Å². The van der Waals surface area contributed by atoms with Gasteiger partial charge in [0.25, 0.3) is 0 Å². The van der Waals surface area contributed by atoms with Crippen LogP contribution in [-0.4, -0.2) is 39.1 Å². The van der Waals surface area contributed by atoms with Crippen molar-refractivity contribution in [3.05, 3.63) is 51.2 Å². The van der Waals surface area contributed by atoms with E-state index in [1.54, 1.807) is 18.3 Å². The molecule has 0 fully saturated rings.